The van der Waals surface area contributed by atoms with Crippen LogP contribution < -0.4 is 10.1 Å². The van der Waals surface area contributed by atoms with E-state index in [9.17, 15) is 9.59 Å². The number of aliphatic hydroxyl groups is 1. The molecule has 0 spiro atoms. The van der Waals surface area contributed by atoms with E-state index in [0.717, 1.165) is 7.11 Å². The summed E-state index contributed by atoms with van der Waals surface area (Å²) in [6.07, 6.45) is 0. The third kappa shape index (κ3) is 4.88. The Bertz CT molecular complexity index is 495. The van der Waals surface area contributed by atoms with Crippen molar-refractivity contribution in [3.8, 4) is 5.75 Å². The van der Waals surface area contributed by atoms with Crippen molar-refractivity contribution in [3.63, 3.8) is 0 Å². The number of rotatable bonds is 6. The molecule has 0 saturated carbocycles. The summed E-state index contributed by atoms with van der Waals surface area (Å²) in [5.74, 6) is -0.968. The number of carbonyl (C=O) groups excluding carboxylic acids is 2. The third-order valence-electron chi connectivity index (χ3n) is 2.26. The summed E-state index contributed by atoms with van der Waals surface area (Å²) in [7, 11) is 1.16. The summed E-state index contributed by atoms with van der Waals surface area (Å²) in [6, 6.07) is 3.42. The molecule has 0 radical (unpaired) electrons. The van der Waals surface area contributed by atoms with Gasteiger partial charge in [0.15, 0.2) is 12.6 Å². The van der Waals surface area contributed by atoms with Crippen molar-refractivity contribution in [2.45, 2.75) is 6.04 Å². The van der Waals surface area contributed by atoms with Crippen molar-refractivity contribution >= 4 is 35.1 Å². The molecule has 0 saturated heterocycles. The molecule has 1 aromatic rings. The average molecular weight is 322 g/mol. The van der Waals surface area contributed by atoms with Crippen LogP contribution >= 0.6 is 23.2 Å². The van der Waals surface area contributed by atoms with Gasteiger partial charge in [-0.3, -0.25) is 4.79 Å². The molecule has 1 aromatic carbocycles. The number of methoxy groups -OCH3 is 1. The Labute approximate surface area is 125 Å². The minimum absolute atomic E-state index is 0.298. The maximum Gasteiger partial charge on any atom is 0.330 e. The second-order valence-electron chi connectivity index (χ2n) is 3.69. The zero-order valence-electron chi connectivity index (χ0n) is 10.6. The summed E-state index contributed by atoms with van der Waals surface area (Å²) in [5, 5.41) is 11.9. The standard InChI is InChI=1S/C12H13Cl2NO5/c1-19-12(18)10(5-16)15-11(17)6-20-7-2-3-8(13)9(14)4-7/h2-4,10,16H,5-6H2,1H3,(H,15,17). The fourth-order valence-corrected chi connectivity index (χ4v) is 1.56. The summed E-state index contributed by atoms with van der Waals surface area (Å²) >= 11 is 11.5. The van der Waals surface area contributed by atoms with Crippen molar-refractivity contribution in [1.29, 1.82) is 0 Å². The number of benzene rings is 1. The van der Waals surface area contributed by atoms with Crippen LogP contribution in [0.1, 0.15) is 0 Å². The Morgan fingerprint density at radius 2 is 2.05 bits per heavy atom. The van der Waals surface area contributed by atoms with E-state index in [-0.39, 0.29) is 6.61 Å². The van der Waals surface area contributed by atoms with Gasteiger partial charge in [-0.2, -0.15) is 0 Å². The molecule has 6 nitrogen and oxygen atoms in total. The Balaban J connectivity index is 2.50. The normalized spacial score (nSPS) is 11.6. The van der Waals surface area contributed by atoms with Gasteiger partial charge in [0.25, 0.3) is 5.91 Å². The summed E-state index contributed by atoms with van der Waals surface area (Å²) in [4.78, 5) is 22.7. The van der Waals surface area contributed by atoms with Gasteiger partial charge in [0, 0.05) is 6.07 Å². The number of carbonyl (C=O) groups is 2. The first kappa shape index (κ1) is 16.6. The van der Waals surface area contributed by atoms with E-state index in [1.807, 2.05) is 0 Å². The first-order chi connectivity index (χ1) is 9.47. The Kier molecular flexibility index (Phi) is 6.57. The van der Waals surface area contributed by atoms with Crippen molar-refractivity contribution in [2.24, 2.45) is 0 Å². The van der Waals surface area contributed by atoms with Gasteiger partial charge < -0.3 is 19.9 Å². The number of amides is 1. The first-order valence-corrected chi connectivity index (χ1v) is 6.29. The lowest BCUT2D eigenvalue weighted by atomic mass is 10.3. The van der Waals surface area contributed by atoms with E-state index >= 15 is 0 Å². The molecule has 20 heavy (non-hydrogen) atoms. The number of hydrogen-bond acceptors (Lipinski definition) is 5. The Hall–Kier alpha value is -1.50. The summed E-state index contributed by atoms with van der Waals surface area (Å²) in [6.45, 7) is -0.906. The number of aliphatic hydroxyl groups excluding tert-OH is 1. The zero-order chi connectivity index (χ0) is 15.1. The van der Waals surface area contributed by atoms with Crippen LogP contribution in [0, 0.1) is 0 Å². The van der Waals surface area contributed by atoms with Crippen molar-refractivity contribution < 1.29 is 24.2 Å². The number of esters is 1. The van der Waals surface area contributed by atoms with Crippen LogP contribution in [0.2, 0.25) is 10.0 Å². The highest BCUT2D eigenvalue weighted by molar-refractivity contribution is 6.42. The lowest BCUT2D eigenvalue weighted by Crippen LogP contribution is -2.45. The molecule has 0 aliphatic heterocycles. The van der Waals surface area contributed by atoms with E-state index in [0.29, 0.717) is 15.8 Å². The second kappa shape index (κ2) is 7.94. The number of ether oxygens (including phenoxy) is 2. The molecule has 1 amide bonds. The van der Waals surface area contributed by atoms with Gasteiger partial charge >= 0.3 is 5.97 Å². The summed E-state index contributed by atoms with van der Waals surface area (Å²) < 4.78 is 9.58. The molecule has 8 heteroatoms. The van der Waals surface area contributed by atoms with Crippen molar-refractivity contribution in [3.05, 3.63) is 28.2 Å². The van der Waals surface area contributed by atoms with E-state index in [2.05, 4.69) is 10.1 Å². The fourth-order valence-electron chi connectivity index (χ4n) is 1.27. The largest absolute Gasteiger partial charge is 0.484 e. The maximum absolute atomic E-state index is 11.5. The van der Waals surface area contributed by atoms with E-state index in [4.69, 9.17) is 33.0 Å². The molecular formula is C12H13Cl2NO5. The number of hydrogen-bond donors (Lipinski definition) is 2. The molecule has 110 valence electrons. The molecule has 0 heterocycles. The molecule has 0 aromatic heterocycles. The minimum Gasteiger partial charge on any atom is -0.484 e. The predicted octanol–water partition coefficient (Wildman–Crippen LogP) is 1.02. The highest BCUT2D eigenvalue weighted by Crippen LogP contribution is 2.26. The van der Waals surface area contributed by atoms with Gasteiger partial charge in [0.1, 0.15) is 5.75 Å². The molecule has 0 aliphatic carbocycles. The average Bonchev–Trinajstić information content (AvgIpc) is 2.45. The van der Waals surface area contributed by atoms with Gasteiger partial charge in [-0.05, 0) is 12.1 Å². The quantitative estimate of drug-likeness (QED) is 0.764. The van der Waals surface area contributed by atoms with E-state index in [1.165, 1.54) is 12.1 Å². The summed E-state index contributed by atoms with van der Waals surface area (Å²) in [5.41, 5.74) is 0. The molecule has 0 fully saturated rings. The van der Waals surface area contributed by atoms with Crippen LogP contribution in [0.25, 0.3) is 0 Å². The first-order valence-electron chi connectivity index (χ1n) is 5.53. The Morgan fingerprint density at radius 1 is 1.35 bits per heavy atom. The lowest BCUT2D eigenvalue weighted by Gasteiger charge is -2.14. The maximum atomic E-state index is 11.5. The van der Waals surface area contributed by atoms with Crippen LogP contribution in [0.5, 0.6) is 5.75 Å². The molecular weight excluding hydrogens is 309 g/mol. The van der Waals surface area contributed by atoms with Crippen LogP contribution in [0.15, 0.2) is 18.2 Å². The molecule has 2 N–H and O–H groups in total. The molecule has 1 unspecified atom stereocenters. The molecule has 1 rings (SSSR count). The van der Waals surface area contributed by atoms with Gasteiger partial charge in [0.2, 0.25) is 0 Å². The molecule has 1 atom stereocenters. The van der Waals surface area contributed by atoms with Gasteiger partial charge in [-0.25, -0.2) is 4.79 Å². The number of halogens is 2. The topological polar surface area (TPSA) is 84.9 Å². The minimum atomic E-state index is -1.12. The van der Waals surface area contributed by atoms with Crippen molar-refractivity contribution in [1.82, 2.24) is 5.32 Å². The van der Waals surface area contributed by atoms with Gasteiger partial charge in [0.05, 0.1) is 23.8 Å². The monoisotopic (exact) mass is 321 g/mol. The lowest BCUT2D eigenvalue weighted by molar-refractivity contribution is -0.146. The van der Waals surface area contributed by atoms with Gasteiger partial charge in [-0.1, -0.05) is 23.2 Å². The fraction of sp³-hybridized carbons (Fsp3) is 0.333. The van der Waals surface area contributed by atoms with Gasteiger partial charge in [-0.15, -0.1) is 0 Å². The Morgan fingerprint density at radius 3 is 2.60 bits per heavy atom. The molecule has 0 bridgehead atoms. The van der Waals surface area contributed by atoms with Crippen LogP contribution in [-0.4, -0.2) is 43.3 Å². The smallest absolute Gasteiger partial charge is 0.330 e. The third-order valence-corrected chi connectivity index (χ3v) is 3.00. The molecule has 0 aliphatic rings. The predicted molar refractivity (Wildman–Crippen MR) is 73.0 cm³/mol. The zero-order valence-corrected chi connectivity index (χ0v) is 12.1. The number of nitrogens with one attached hydrogen (secondary N) is 1. The van der Waals surface area contributed by atoms with E-state index in [1.54, 1.807) is 6.07 Å². The van der Waals surface area contributed by atoms with Crippen LogP contribution in [0.3, 0.4) is 0 Å². The van der Waals surface area contributed by atoms with E-state index < -0.39 is 24.5 Å². The van der Waals surface area contributed by atoms with Crippen LogP contribution in [-0.2, 0) is 14.3 Å². The van der Waals surface area contributed by atoms with Crippen LogP contribution in [0.4, 0.5) is 0 Å². The second-order valence-corrected chi connectivity index (χ2v) is 4.50. The highest BCUT2D eigenvalue weighted by Gasteiger charge is 2.20. The van der Waals surface area contributed by atoms with Crippen molar-refractivity contribution in [2.75, 3.05) is 20.3 Å². The highest BCUT2D eigenvalue weighted by atomic mass is 35.5. The SMILES string of the molecule is COC(=O)C(CO)NC(=O)COc1ccc(Cl)c(Cl)c1.